The average molecular weight is 863 g/mol. The maximum absolute atomic E-state index is 14.7. The van der Waals surface area contributed by atoms with Crippen LogP contribution >= 0.6 is 0 Å². The zero-order chi connectivity index (χ0) is 44.6. The van der Waals surface area contributed by atoms with Crippen molar-refractivity contribution in [2.24, 2.45) is 0 Å². The number of benzene rings is 4. The van der Waals surface area contributed by atoms with Gasteiger partial charge in [-0.25, -0.2) is 9.59 Å². The number of ketones is 2. The zero-order valence-electron chi connectivity index (χ0n) is 31.7. The molecule has 62 heavy (non-hydrogen) atoms. The van der Waals surface area contributed by atoms with Crippen LogP contribution in [-0.4, -0.2) is 159 Å². The predicted octanol–water partition coefficient (Wildman–Crippen LogP) is -1.10. The molecule has 0 spiro atoms. The Kier molecular flexibility index (Phi) is 11.0. The second kappa shape index (κ2) is 16.0. The molecule has 4 aliphatic rings. The maximum Gasteiger partial charge on any atom is 0.335 e. The number of aliphatic hydroxyl groups excluding tert-OH is 8. The molecule has 4 aromatic rings. The van der Waals surface area contributed by atoms with Gasteiger partial charge in [-0.15, -0.1) is 0 Å². The summed E-state index contributed by atoms with van der Waals surface area (Å²) < 4.78 is 23.0. The summed E-state index contributed by atoms with van der Waals surface area (Å²) in [7, 11) is 0. The maximum atomic E-state index is 14.7. The van der Waals surface area contributed by atoms with Gasteiger partial charge < -0.3 is 80.2 Å². The number of hydrogen-bond donors (Lipinski definition) is 12. The Bertz CT molecular complexity index is 2330. The molecule has 2 saturated heterocycles. The molecule has 0 saturated carbocycles. The SMILES string of the molecule is O=C(O)c1cc(O)c2c(c1)[C@@H]([C@@H]1c3cc(C(=O)O)cc(O)c3C(=O)c3c(O[C@@H]4O[C@H](CO)[C@H](O)[C@@H](O)[C@@H]4O)cccc31)c1cccc(O[C@H]3O[C@@H](CO)[C@H](O)[C@@H](O)[C@@H]3O)c1C2=O. The number of hydrogen-bond acceptors (Lipinski definition) is 18. The second-order valence-corrected chi connectivity index (χ2v) is 15.2. The van der Waals surface area contributed by atoms with Gasteiger partial charge in [0.05, 0.1) is 46.6 Å². The third-order valence-corrected chi connectivity index (χ3v) is 11.7. The van der Waals surface area contributed by atoms with E-state index in [1.807, 2.05) is 0 Å². The lowest BCUT2D eigenvalue weighted by Gasteiger charge is -2.41. The van der Waals surface area contributed by atoms with Crippen molar-refractivity contribution in [2.75, 3.05) is 13.2 Å². The van der Waals surface area contributed by atoms with E-state index >= 15 is 0 Å². The van der Waals surface area contributed by atoms with Crippen LogP contribution in [0.5, 0.6) is 23.0 Å². The van der Waals surface area contributed by atoms with Crippen LogP contribution in [0, 0.1) is 0 Å². The number of rotatable bonds is 9. The molecule has 0 radical (unpaired) electrons. The van der Waals surface area contributed by atoms with Crippen molar-refractivity contribution in [1.82, 2.24) is 0 Å². The minimum Gasteiger partial charge on any atom is -0.507 e. The van der Waals surface area contributed by atoms with Gasteiger partial charge in [0, 0.05) is 11.8 Å². The smallest absolute Gasteiger partial charge is 0.335 e. The predicted molar refractivity (Wildman–Crippen MR) is 202 cm³/mol. The third-order valence-electron chi connectivity index (χ3n) is 11.7. The van der Waals surface area contributed by atoms with Gasteiger partial charge in [-0.1, -0.05) is 24.3 Å². The number of carboxylic acids is 2. The van der Waals surface area contributed by atoms with Gasteiger partial charge in [0.25, 0.3) is 0 Å². The van der Waals surface area contributed by atoms with E-state index in [-0.39, 0.29) is 44.9 Å². The highest BCUT2D eigenvalue weighted by atomic mass is 16.7. The van der Waals surface area contributed by atoms with Crippen LogP contribution in [0.2, 0.25) is 0 Å². The van der Waals surface area contributed by atoms with Crippen molar-refractivity contribution < 1.29 is 99.4 Å². The van der Waals surface area contributed by atoms with E-state index in [0.717, 1.165) is 24.3 Å². The second-order valence-electron chi connectivity index (χ2n) is 15.2. The van der Waals surface area contributed by atoms with Crippen molar-refractivity contribution >= 4 is 23.5 Å². The largest absolute Gasteiger partial charge is 0.507 e. The molecule has 0 amide bonds. The van der Waals surface area contributed by atoms with Crippen molar-refractivity contribution in [1.29, 1.82) is 0 Å². The van der Waals surface area contributed by atoms with Gasteiger partial charge in [0.15, 0.2) is 0 Å². The number of phenols is 2. The first-order chi connectivity index (χ1) is 29.5. The summed E-state index contributed by atoms with van der Waals surface area (Å²) in [4.78, 5) is 54.2. The Morgan fingerprint density at radius 3 is 1.23 bits per heavy atom. The lowest BCUT2D eigenvalue weighted by molar-refractivity contribution is -0.277. The standard InChI is InChI=1S/C42H38O20/c43-11-23-31(47)35(51)37(53)41(61-23)59-21-5-1-3-15-25(17-7-13(39(55)56)9-19(45)27(17)33(49)29(15)21)26-16-4-2-6-22(60-42-38(54)36(52)32(48)24(12-44)62-42)30(16)34(50)28-18(26)8-14(40(57)58)10-20(28)46/h1-10,23-26,31-32,35-38,41-48,51-54H,11-12H2,(H,55,56)(H,57,58)/t23-,24+,25-,26-,31-,32-,35+,36+,37-,38-,41-,42+/m0/s1. The average Bonchev–Trinajstić information content (AvgIpc) is 3.24. The molecule has 2 aliphatic carbocycles. The summed E-state index contributed by atoms with van der Waals surface area (Å²) in [5.74, 6) is -10.1. The number of aromatic hydroxyl groups is 2. The monoisotopic (exact) mass is 862 g/mol. The van der Waals surface area contributed by atoms with E-state index < -0.39 is 144 Å². The number of carboxylic acid groups (broad SMARTS) is 2. The van der Waals surface area contributed by atoms with Crippen molar-refractivity contribution in [2.45, 2.75) is 73.2 Å². The first kappa shape index (κ1) is 42.6. The Labute approximate surface area is 348 Å². The highest BCUT2D eigenvalue weighted by molar-refractivity contribution is 6.18. The molecule has 12 N–H and O–H groups in total. The highest BCUT2D eigenvalue weighted by Gasteiger charge is 2.50. The summed E-state index contributed by atoms with van der Waals surface area (Å²) in [6.07, 6.45) is -17.7. The topological polar surface area (TPSA) is 348 Å². The number of aliphatic hydroxyl groups is 8. The van der Waals surface area contributed by atoms with Crippen molar-refractivity contribution in [3.63, 3.8) is 0 Å². The minimum atomic E-state index is -1.94. The number of fused-ring (bicyclic) bond motifs is 4. The zero-order valence-corrected chi connectivity index (χ0v) is 31.7. The fourth-order valence-corrected chi connectivity index (χ4v) is 8.71. The molecule has 0 unspecified atom stereocenters. The van der Waals surface area contributed by atoms with E-state index in [1.165, 1.54) is 36.4 Å². The minimum absolute atomic E-state index is 0.00301. The normalized spacial score (nSPS) is 30.1. The number of phenolic OH excluding ortho intramolecular Hbond substituents is 2. The number of aromatic carboxylic acids is 2. The van der Waals surface area contributed by atoms with Crippen LogP contribution in [-0.2, 0) is 9.47 Å². The number of carbonyl (C=O) groups excluding carboxylic acids is 2. The molecule has 2 fully saturated rings. The fourth-order valence-electron chi connectivity index (χ4n) is 8.71. The van der Waals surface area contributed by atoms with Gasteiger partial charge in [-0.05, 0) is 58.7 Å². The summed E-state index contributed by atoms with van der Waals surface area (Å²) in [5.41, 5.74) is -2.87. The van der Waals surface area contributed by atoms with Crippen LogP contribution in [0.15, 0.2) is 60.7 Å². The molecule has 0 bridgehead atoms. The van der Waals surface area contributed by atoms with E-state index in [4.69, 9.17) is 18.9 Å². The summed E-state index contributed by atoms with van der Waals surface area (Å²) in [5, 5.41) is 126. The molecule has 2 heterocycles. The fraction of sp³-hybridized carbons (Fsp3) is 0.333. The molecule has 2 aliphatic heterocycles. The Balaban J connectivity index is 1.38. The van der Waals surface area contributed by atoms with Crippen LogP contribution in [0.4, 0.5) is 0 Å². The van der Waals surface area contributed by atoms with E-state index in [0.29, 0.717) is 0 Å². The number of carbonyl (C=O) groups is 4. The summed E-state index contributed by atoms with van der Waals surface area (Å²) in [6, 6.07) is 11.9. The van der Waals surface area contributed by atoms with Crippen molar-refractivity contribution in [3.05, 3.63) is 116 Å². The van der Waals surface area contributed by atoms with Gasteiger partial charge in [-0.2, -0.15) is 0 Å². The number of ether oxygens (including phenoxy) is 4. The van der Waals surface area contributed by atoms with Gasteiger partial charge >= 0.3 is 11.9 Å². The first-order valence-electron chi connectivity index (χ1n) is 19.0. The molecule has 8 rings (SSSR count). The summed E-state index contributed by atoms with van der Waals surface area (Å²) >= 11 is 0. The summed E-state index contributed by atoms with van der Waals surface area (Å²) in [6.45, 7) is -1.64. The van der Waals surface area contributed by atoms with Crippen LogP contribution < -0.4 is 9.47 Å². The van der Waals surface area contributed by atoms with E-state index in [9.17, 15) is 80.5 Å². The van der Waals surface area contributed by atoms with Gasteiger partial charge in [0.1, 0.15) is 71.8 Å². The van der Waals surface area contributed by atoms with E-state index in [1.54, 1.807) is 0 Å². The quantitative estimate of drug-likeness (QED) is 0.0950. The van der Waals surface area contributed by atoms with Crippen LogP contribution in [0.1, 0.15) is 86.6 Å². The molecular formula is C42H38O20. The molecule has 4 aromatic carbocycles. The van der Waals surface area contributed by atoms with Gasteiger partial charge in [0.2, 0.25) is 24.1 Å². The molecular weight excluding hydrogens is 824 g/mol. The molecule has 326 valence electrons. The Morgan fingerprint density at radius 2 is 0.887 bits per heavy atom. The third kappa shape index (κ3) is 6.73. The van der Waals surface area contributed by atoms with Gasteiger partial charge in [-0.3, -0.25) is 9.59 Å². The molecule has 12 atom stereocenters. The van der Waals surface area contributed by atoms with Crippen LogP contribution in [0.3, 0.4) is 0 Å². The molecule has 20 heteroatoms. The molecule has 20 nitrogen and oxygen atoms in total. The Hall–Kier alpha value is -6.04. The van der Waals surface area contributed by atoms with Crippen LogP contribution in [0.25, 0.3) is 0 Å². The van der Waals surface area contributed by atoms with Crippen molar-refractivity contribution in [3.8, 4) is 23.0 Å². The lowest BCUT2D eigenvalue weighted by atomic mass is 9.63. The molecule has 0 aromatic heterocycles. The Morgan fingerprint density at radius 1 is 0.516 bits per heavy atom. The highest BCUT2D eigenvalue weighted by Crippen LogP contribution is 2.56. The first-order valence-corrected chi connectivity index (χ1v) is 19.0. The lowest BCUT2D eigenvalue weighted by Crippen LogP contribution is -2.60. The van der Waals surface area contributed by atoms with E-state index in [2.05, 4.69) is 0 Å².